The van der Waals surface area contributed by atoms with Gasteiger partial charge in [-0.3, -0.25) is 4.79 Å². The third-order valence-electron chi connectivity index (χ3n) is 2.18. The molecule has 1 N–H and O–H groups in total. The van der Waals surface area contributed by atoms with Crippen molar-refractivity contribution in [1.29, 1.82) is 0 Å². The van der Waals surface area contributed by atoms with E-state index in [1.165, 1.54) is 0 Å². The van der Waals surface area contributed by atoms with E-state index < -0.39 is 0 Å². The minimum atomic E-state index is -0.142. The monoisotopic (exact) mass is 228 g/mol. The van der Waals surface area contributed by atoms with Crippen molar-refractivity contribution in [2.75, 3.05) is 7.05 Å². The molecule has 0 spiro atoms. The molecule has 2 aromatic rings. The van der Waals surface area contributed by atoms with Crippen molar-refractivity contribution in [2.45, 2.75) is 0 Å². The quantitative estimate of drug-likeness (QED) is 0.876. The average Bonchev–Trinajstić information content (AvgIpc) is 2.39. The van der Waals surface area contributed by atoms with E-state index in [0.29, 0.717) is 17.2 Å². The Morgan fingerprint density at radius 3 is 2.82 bits per heavy atom. The minimum absolute atomic E-state index is 0.142. The largest absolute Gasteiger partial charge is 0.439 e. The van der Waals surface area contributed by atoms with E-state index in [2.05, 4.69) is 10.3 Å². The first-order valence-corrected chi connectivity index (χ1v) is 5.20. The number of amides is 1. The summed E-state index contributed by atoms with van der Waals surface area (Å²) < 4.78 is 5.52. The molecule has 0 aliphatic rings. The van der Waals surface area contributed by atoms with Gasteiger partial charge < -0.3 is 10.1 Å². The second-order valence-corrected chi connectivity index (χ2v) is 3.38. The van der Waals surface area contributed by atoms with Crippen molar-refractivity contribution >= 4 is 5.91 Å². The Balaban J connectivity index is 2.20. The van der Waals surface area contributed by atoms with Crippen molar-refractivity contribution in [1.82, 2.24) is 10.3 Å². The fourth-order valence-corrected chi connectivity index (χ4v) is 1.37. The highest BCUT2D eigenvalue weighted by molar-refractivity contribution is 5.94. The highest BCUT2D eigenvalue weighted by Crippen LogP contribution is 2.19. The van der Waals surface area contributed by atoms with Crippen LogP contribution < -0.4 is 10.1 Å². The molecule has 1 heterocycles. The molecule has 86 valence electrons. The number of nitrogens with one attached hydrogen (secondary N) is 1. The average molecular weight is 228 g/mol. The molecule has 1 amide bonds. The number of hydrogen-bond acceptors (Lipinski definition) is 3. The zero-order chi connectivity index (χ0) is 12.1. The zero-order valence-corrected chi connectivity index (χ0v) is 9.38. The maximum absolute atomic E-state index is 11.4. The van der Waals surface area contributed by atoms with Crippen LogP contribution >= 0.6 is 0 Å². The second kappa shape index (κ2) is 5.12. The van der Waals surface area contributed by atoms with Crippen LogP contribution in [0.15, 0.2) is 48.7 Å². The highest BCUT2D eigenvalue weighted by atomic mass is 16.5. The lowest BCUT2D eigenvalue weighted by Gasteiger charge is -2.05. The summed E-state index contributed by atoms with van der Waals surface area (Å²) in [5.74, 6) is 0.947. The molecule has 17 heavy (non-hydrogen) atoms. The van der Waals surface area contributed by atoms with Crippen molar-refractivity contribution < 1.29 is 9.53 Å². The maximum Gasteiger partial charge on any atom is 0.251 e. The van der Waals surface area contributed by atoms with Crippen LogP contribution in [0.2, 0.25) is 0 Å². The first-order valence-electron chi connectivity index (χ1n) is 5.20. The van der Waals surface area contributed by atoms with Crippen molar-refractivity contribution in [3.63, 3.8) is 0 Å². The van der Waals surface area contributed by atoms with Gasteiger partial charge >= 0.3 is 0 Å². The van der Waals surface area contributed by atoms with Crippen LogP contribution in [0.4, 0.5) is 0 Å². The molecule has 1 aromatic heterocycles. The summed E-state index contributed by atoms with van der Waals surface area (Å²) in [5, 5.41) is 2.56. The molecule has 2 rings (SSSR count). The Labute approximate surface area is 99.3 Å². The summed E-state index contributed by atoms with van der Waals surface area (Å²) in [6.07, 6.45) is 1.65. The van der Waals surface area contributed by atoms with Crippen molar-refractivity contribution in [3.05, 3.63) is 54.2 Å². The van der Waals surface area contributed by atoms with Crippen LogP contribution in [0.25, 0.3) is 0 Å². The van der Waals surface area contributed by atoms with Crippen LogP contribution in [0, 0.1) is 0 Å². The molecule has 0 aliphatic heterocycles. The number of carbonyl (C=O) groups is 1. The normalized spacial score (nSPS) is 9.71. The predicted molar refractivity (Wildman–Crippen MR) is 64.1 cm³/mol. The molecule has 0 atom stereocenters. The molecule has 4 heteroatoms. The van der Waals surface area contributed by atoms with Crippen molar-refractivity contribution in [3.8, 4) is 11.6 Å². The van der Waals surface area contributed by atoms with E-state index in [9.17, 15) is 4.79 Å². The number of pyridine rings is 1. The molecule has 0 aliphatic carbocycles. The molecular weight excluding hydrogens is 216 g/mol. The number of ether oxygens (including phenoxy) is 1. The van der Waals surface area contributed by atoms with E-state index in [0.717, 1.165) is 0 Å². The van der Waals surface area contributed by atoms with Gasteiger partial charge in [0.1, 0.15) is 5.75 Å². The molecule has 4 nitrogen and oxygen atoms in total. The Morgan fingerprint density at radius 1 is 1.24 bits per heavy atom. The van der Waals surface area contributed by atoms with Gasteiger partial charge in [0.2, 0.25) is 5.88 Å². The molecule has 1 aromatic carbocycles. The van der Waals surface area contributed by atoms with Crippen LogP contribution in [0.1, 0.15) is 10.4 Å². The van der Waals surface area contributed by atoms with Gasteiger partial charge in [0, 0.05) is 24.9 Å². The van der Waals surface area contributed by atoms with Crippen LogP contribution in [-0.4, -0.2) is 17.9 Å². The predicted octanol–water partition coefficient (Wildman–Crippen LogP) is 2.23. The second-order valence-electron chi connectivity index (χ2n) is 3.38. The molecule has 0 unspecified atom stereocenters. The third-order valence-corrected chi connectivity index (χ3v) is 2.18. The molecular formula is C13H12N2O2. The van der Waals surface area contributed by atoms with Crippen LogP contribution in [-0.2, 0) is 0 Å². The summed E-state index contributed by atoms with van der Waals surface area (Å²) in [4.78, 5) is 15.5. The van der Waals surface area contributed by atoms with E-state index >= 15 is 0 Å². The lowest BCUT2D eigenvalue weighted by atomic mass is 10.2. The smallest absolute Gasteiger partial charge is 0.251 e. The van der Waals surface area contributed by atoms with E-state index in [4.69, 9.17) is 4.74 Å². The Kier molecular flexibility index (Phi) is 3.35. The van der Waals surface area contributed by atoms with Gasteiger partial charge in [-0.05, 0) is 24.3 Å². The Bertz CT molecular complexity index is 512. The van der Waals surface area contributed by atoms with E-state index in [-0.39, 0.29) is 5.91 Å². The molecule has 0 radical (unpaired) electrons. The molecule has 0 saturated heterocycles. The molecule has 0 bridgehead atoms. The zero-order valence-electron chi connectivity index (χ0n) is 9.38. The van der Waals surface area contributed by atoms with Gasteiger partial charge in [-0.1, -0.05) is 12.1 Å². The number of aromatic nitrogens is 1. The van der Waals surface area contributed by atoms with E-state index in [1.807, 2.05) is 12.1 Å². The topological polar surface area (TPSA) is 51.2 Å². The SMILES string of the molecule is CNC(=O)c1cccc(Oc2ccccn2)c1. The lowest BCUT2D eigenvalue weighted by molar-refractivity contribution is 0.0963. The highest BCUT2D eigenvalue weighted by Gasteiger charge is 2.04. The summed E-state index contributed by atoms with van der Waals surface area (Å²) in [6, 6.07) is 12.4. The molecule has 0 fully saturated rings. The summed E-state index contributed by atoms with van der Waals surface area (Å²) >= 11 is 0. The van der Waals surface area contributed by atoms with Gasteiger partial charge in [-0.25, -0.2) is 4.98 Å². The van der Waals surface area contributed by atoms with Gasteiger partial charge in [0.05, 0.1) is 0 Å². The van der Waals surface area contributed by atoms with Crippen LogP contribution in [0.5, 0.6) is 11.6 Å². The fraction of sp³-hybridized carbons (Fsp3) is 0.0769. The number of rotatable bonds is 3. The lowest BCUT2D eigenvalue weighted by Crippen LogP contribution is -2.17. The number of benzene rings is 1. The number of hydrogen-bond donors (Lipinski definition) is 1. The van der Waals surface area contributed by atoms with Gasteiger partial charge in [-0.15, -0.1) is 0 Å². The molecule has 0 saturated carbocycles. The fourth-order valence-electron chi connectivity index (χ4n) is 1.37. The van der Waals surface area contributed by atoms with Crippen molar-refractivity contribution in [2.24, 2.45) is 0 Å². The first kappa shape index (κ1) is 11.1. The number of carbonyl (C=O) groups excluding carboxylic acids is 1. The number of nitrogens with zero attached hydrogens (tertiary/aromatic N) is 1. The summed E-state index contributed by atoms with van der Waals surface area (Å²) in [6.45, 7) is 0. The summed E-state index contributed by atoms with van der Waals surface area (Å²) in [5.41, 5.74) is 0.556. The minimum Gasteiger partial charge on any atom is -0.439 e. The Morgan fingerprint density at radius 2 is 2.12 bits per heavy atom. The van der Waals surface area contributed by atoms with E-state index in [1.54, 1.807) is 43.6 Å². The van der Waals surface area contributed by atoms with Gasteiger partial charge in [0.15, 0.2) is 0 Å². The first-order chi connectivity index (χ1) is 8.29. The van der Waals surface area contributed by atoms with Crippen LogP contribution in [0.3, 0.4) is 0 Å². The standard InChI is InChI=1S/C13H12N2O2/c1-14-13(16)10-5-4-6-11(9-10)17-12-7-2-3-8-15-12/h2-9H,1H3,(H,14,16). The van der Waals surface area contributed by atoms with Gasteiger partial charge in [0.25, 0.3) is 5.91 Å². The Hall–Kier alpha value is -2.36. The summed E-state index contributed by atoms with van der Waals surface area (Å²) in [7, 11) is 1.59. The third kappa shape index (κ3) is 2.81. The van der Waals surface area contributed by atoms with Gasteiger partial charge in [-0.2, -0.15) is 0 Å². The maximum atomic E-state index is 11.4.